The van der Waals surface area contributed by atoms with E-state index in [1.807, 2.05) is 72.8 Å². The molecule has 5 nitrogen and oxygen atoms in total. The Morgan fingerprint density at radius 2 is 0.922 bits per heavy atom. The van der Waals surface area contributed by atoms with Crippen LogP contribution >= 0.6 is 0 Å². The summed E-state index contributed by atoms with van der Waals surface area (Å²) in [5.41, 5.74) is 9.54. The molecule has 0 fully saturated rings. The zero-order chi connectivity index (χ0) is 33.7. The number of rotatable bonds is 5. The Morgan fingerprint density at radius 1 is 0.373 bits per heavy atom. The third-order valence-corrected chi connectivity index (χ3v) is 9.53. The van der Waals surface area contributed by atoms with Gasteiger partial charge in [0.2, 0.25) is 0 Å². The van der Waals surface area contributed by atoms with Crippen molar-refractivity contribution >= 4 is 43.6 Å². The Labute approximate surface area is 293 Å². The number of aromatic nitrogens is 4. The Balaban J connectivity index is 1.10. The van der Waals surface area contributed by atoms with Gasteiger partial charge >= 0.3 is 0 Å². The normalized spacial score (nSPS) is 11.5. The molecule has 0 saturated carbocycles. The van der Waals surface area contributed by atoms with Crippen LogP contribution in [0, 0.1) is 0 Å². The molecule has 0 N–H and O–H groups in total. The predicted molar refractivity (Wildman–Crippen MR) is 207 cm³/mol. The van der Waals surface area contributed by atoms with Gasteiger partial charge in [-0.2, -0.15) is 0 Å². The summed E-state index contributed by atoms with van der Waals surface area (Å²) in [4.78, 5) is 20.0. The molecule has 0 saturated heterocycles. The van der Waals surface area contributed by atoms with Crippen LogP contribution in [-0.2, 0) is 0 Å². The van der Waals surface area contributed by atoms with E-state index in [9.17, 15) is 0 Å². The van der Waals surface area contributed by atoms with Crippen molar-refractivity contribution in [1.82, 2.24) is 19.9 Å². The van der Waals surface area contributed by atoms with Gasteiger partial charge in [-0.3, -0.25) is 0 Å². The number of para-hydroxylation sites is 1. The number of benzene rings is 7. The fraction of sp³-hybridized carbons (Fsp3) is 0. The summed E-state index contributed by atoms with van der Waals surface area (Å²) in [6, 6.07) is 58.0. The number of nitrogens with zero attached hydrogens (tertiary/aromatic N) is 4. The van der Waals surface area contributed by atoms with Crippen LogP contribution in [0.3, 0.4) is 0 Å². The Morgan fingerprint density at radius 3 is 1.63 bits per heavy atom. The van der Waals surface area contributed by atoms with E-state index >= 15 is 0 Å². The summed E-state index contributed by atoms with van der Waals surface area (Å²) < 4.78 is 6.64. The molecule has 0 spiro atoms. The van der Waals surface area contributed by atoms with Gasteiger partial charge in [-0.1, -0.05) is 152 Å². The maximum Gasteiger partial charge on any atom is 0.164 e. The molecule has 0 bridgehead atoms. The number of pyridine rings is 1. The highest BCUT2D eigenvalue weighted by Gasteiger charge is 2.20. The maximum atomic E-state index is 6.64. The van der Waals surface area contributed by atoms with E-state index in [1.54, 1.807) is 0 Å². The first-order valence-corrected chi connectivity index (χ1v) is 17.0. The molecule has 0 aliphatic carbocycles. The first-order valence-electron chi connectivity index (χ1n) is 17.0. The molecule has 0 aliphatic rings. The minimum absolute atomic E-state index is 0.627. The van der Waals surface area contributed by atoms with Gasteiger partial charge in [0.05, 0.1) is 16.6 Å². The predicted octanol–water partition coefficient (Wildman–Crippen LogP) is 11.8. The number of hydrogen-bond donors (Lipinski definition) is 0. The summed E-state index contributed by atoms with van der Waals surface area (Å²) in [5, 5.41) is 5.41. The summed E-state index contributed by atoms with van der Waals surface area (Å²) in [7, 11) is 0. The standard InChI is InChI=1S/C46H28N4O/c1-3-13-31(14-4-1)44-48-45(32-15-5-2-6-16-32)50-46(49-44)33-24-22-29(23-25-33)34-26-27-39-38(28-34)43-41(37-19-9-10-21-40(37)51-43)42(47-39)36-20-11-17-30-12-7-8-18-35(30)36/h1-28H. The molecule has 0 aliphatic heterocycles. The second kappa shape index (κ2) is 11.9. The molecule has 10 aromatic rings. The van der Waals surface area contributed by atoms with Crippen LogP contribution in [0.15, 0.2) is 174 Å². The van der Waals surface area contributed by atoms with E-state index < -0.39 is 0 Å². The van der Waals surface area contributed by atoms with Gasteiger partial charge in [-0.25, -0.2) is 19.9 Å². The molecule has 238 valence electrons. The molecular formula is C46H28N4O. The SMILES string of the molecule is c1ccc(-c2nc(-c3ccccc3)nc(-c3ccc(-c4ccc5nc(-c6cccc7ccccc67)c6c7ccccc7oc6c5c4)cc3)n2)cc1. The molecule has 0 amide bonds. The van der Waals surface area contributed by atoms with Gasteiger partial charge in [-0.05, 0) is 40.1 Å². The second-order valence-corrected chi connectivity index (χ2v) is 12.6. The molecule has 3 aromatic heterocycles. The summed E-state index contributed by atoms with van der Waals surface area (Å²) in [6.45, 7) is 0. The highest BCUT2D eigenvalue weighted by Crippen LogP contribution is 2.42. The van der Waals surface area contributed by atoms with Crippen molar-refractivity contribution in [3.63, 3.8) is 0 Å². The Bertz CT molecular complexity index is 2840. The molecule has 7 aromatic carbocycles. The van der Waals surface area contributed by atoms with Crippen LogP contribution in [0.2, 0.25) is 0 Å². The minimum Gasteiger partial charge on any atom is -0.455 e. The quantitative estimate of drug-likeness (QED) is 0.185. The van der Waals surface area contributed by atoms with Crippen molar-refractivity contribution in [3.05, 3.63) is 170 Å². The lowest BCUT2D eigenvalue weighted by atomic mass is 9.96. The number of furan rings is 1. The number of hydrogen-bond acceptors (Lipinski definition) is 5. The number of fused-ring (bicyclic) bond motifs is 6. The Hall–Kier alpha value is -6.98. The molecule has 0 radical (unpaired) electrons. The molecule has 3 heterocycles. The third kappa shape index (κ3) is 5.03. The largest absolute Gasteiger partial charge is 0.455 e. The van der Waals surface area contributed by atoms with E-state index in [2.05, 4.69) is 97.1 Å². The van der Waals surface area contributed by atoms with Crippen molar-refractivity contribution in [1.29, 1.82) is 0 Å². The van der Waals surface area contributed by atoms with Crippen molar-refractivity contribution in [2.75, 3.05) is 0 Å². The van der Waals surface area contributed by atoms with Crippen molar-refractivity contribution < 1.29 is 4.42 Å². The highest BCUT2D eigenvalue weighted by atomic mass is 16.3. The fourth-order valence-electron chi connectivity index (χ4n) is 7.02. The van der Waals surface area contributed by atoms with Crippen LogP contribution in [0.4, 0.5) is 0 Å². The molecule has 5 heteroatoms. The van der Waals surface area contributed by atoms with E-state index in [0.717, 1.165) is 71.9 Å². The van der Waals surface area contributed by atoms with Gasteiger partial charge < -0.3 is 4.42 Å². The van der Waals surface area contributed by atoms with Gasteiger partial charge in [0, 0.05) is 33.0 Å². The topological polar surface area (TPSA) is 64.7 Å². The first kappa shape index (κ1) is 29.0. The molecule has 0 atom stereocenters. The average molecular weight is 653 g/mol. The average Bonchev–Trinajstić information content (AvgIpc) is 3.61. The van der Waals surface area contributed by atoms with Crippen LogP contribution in [-0.4, -0.2) is 19.9 Å². The maximum absolute atomic E-state index is 6.64. The van der Waals surface area contributed by atoms with E-state index in [4.69, 9.17) is 24.4 Å². The second-order valence-electron chi connectivity index (χ2n) is 12.6. The van der Waals surface area contributed by atoms with Gasteiger partial charge in [0.25, 0.3) is 0 Å². The van der Waals surface area contributed by atoms with Crippen molar-refractivity contribution in [2.45, 2.75) is 0 Å². The van der Waals surface area contributed by atoms with E-state index in [1.165, 1.54) is 10.8 Å². The molecule has 10 rings (SSSR count). The zero-order valence-corrected chi connectivity index (χ0v) is 27.4. The van der Waals surface area contributed by atoms with Crippen LogP contribution in [0.5, 0.6) is 0 Å². The third-order valence-electron chi connectivity index (χ3n) is 9.53. The lowest BCUT2D eigenvalue weighted by Crippen LogP contribution is -2.00. The highest BCUT2D eigenvalue weighted by molar-refractivity contribution is 6.21. The first-order chi connectivity index (χ1) is 25.3. The summed E-state index contributed by atoms with van der Waals surface area (Å²) >= 11 is 0. The molecule has 51 heavy (non-hydrogen) atoms. The van der Waals surface area contributed by atoms with Crippen LogP contribution in [0.1, 0.15) is 0 Å². The van der Waals surface area contributed by atoms with Gasteiger partial charge in [-0.15, -0.1) is 0 Å². The van der Waals surface area contributed by atoms with Gasteiger partial charge in [0.15, 0.2) is 17.5 Å². The Kier molecular flexibility index (Phi) is 6.74. The van der Waals surface area contributed by atoms with Crippen molar-refractivity contribution in [2.24, 2.45) is 0 Å². The van der Waals surface area contributed by atoms with E-state index in [-0.39, 0.29) is 0 Å². The zero-order valence-electron chi connectivity index (χ0n) is 27.4. The minimum atomic E-state index is 0.627. The van der Waals surface area contributed by atoms with Crippen LogP contribution < -0.4 is 0 Å². The van der Waals surface area contributed by atoms with Crippen LogP contribution in [0.25, 0.3) is 100 Å². The molecule has 0 unspecified atom stereocenters. The molecular weight excluding hydrogens is 625 g/mol. The lowest BCUT2D eigenvalue weighted by Gasteiger charge is -2.11. The van der Waals surface area contributed by atoms with Crippen molar-refractivity contribution in [3.8, 4) is 56.5 Å². The monoisotopic (exact) mass is 652 g/mol. The lowest BCUT2D eigenvalue weighted by molar-refractivity contribution is 0.672. The summed E-state index contributed by atoms with van der Waals surface area (Å²) in [5.74, 6) is 1.91. The van der Waals surface area contributed by atoms with E-state index in [0.29, 0.717) is 17.5 Å². The van der Waals surface area contributed by atoms with Gasteiger partial charge in [0.1, 0.15) is 11.2 Å². The summed E-state index contributed by atoms with van der Waals surface area (Å²) in [6.07, 6.45) is 0. The fourth-order valence-corrected chi connectivity index (χ4v) is 7.02. The smallest absolute Gasteiger partial charge is 0.164 e.